The lowest BCUT2D eigenvalue weighted by atomic mass is 9.68. The summed E-state index contributed by atoms with van der Waals surface area (Å²) in [5, 5.41) is 4.19. The van der Waals surface area contributed by atoms with Crippen molar-refractivity contribution >= 4 is 33.7 Å². The van der Waals surface area contributed by atoms with E-state index in [4.69, 9.17) is 37.9 Å². The molecule has 0 amide bonds. The third-order valence-corrected chi connectivity index (χ3v) is 12.1. The normalized spacial score (nSPS) is 12.2. The molecule has 8 aromatic rings. The topological polar surface area (TPSA) is 108 Å². The van der Waals surface area contributed by atoms with Crippen LogP contribution in [0.25, 0.3) is 43.8 Å². The van der Waals surface area contributed by atoms with Crippen LogP contribution in [0.4, 0.5) is 4.79 Å². The van der Waals surface area contributed by atoms with Crippen LogP contribution in [0.3, 0.4) is 0 Å². The van der Waals surface area contributed by atoms with E-state index in [0.717, 1.165) is 56.0 Å². The molecule has 0 heterocycles. The van der Waals surface area contributed by atoms with Crippen LogP contribution < -0.4 is 18.9 Å². The molecule has 8 aromatic carbocycles. The molecule has 0 aliphatic heterocycles. The summed E-state index contributed by atoms with van der Waals surface area (Å²) in [5.74, 6) is 2.36. The van der Waals surface area contributed by atoms with Crippen LogP contribution in [-0.2, 0) is 29.2 Å². The summed E-state index contributed by atoms with van der Waals surface area (Å²) in [5.41, 5.74) is 8.04. The molecular weight excluding hydrogens is 857 g/mol. The lowest BCUT2D eigenvalue weighted by molar-refractivity contribution is -0.141. The van der Waals surface area contributed by atoms with Crippen molar-refractivity contribution in [3.8, 4) is 45.3 Å². The summed E-state index contributed by atoms with van der Waals surface area (Å²) in [4.78, 5) is 23.9. The van der Waals surface area contributed by atoms with Crippen molar-refractivity contribution in [2.75, 3.05) is 60.0 Å². The van der Waals surface area contributed by atoms with Gasteiger partial charge in [0.2, 0.25) is 0 Å². The maximum absolute atomic E-state index is 12.7. The lowest BCUT2D eigenvalue weighted by Crippen LogP contribution is -2.28. The first-order chi connectivity index (χ1) is 33.4. The number of hydrogen-bond acceptors (Lipinski definition) is 10. The first-order valence-corrected chi connectivity index (χ1v) is 22.8. The van der Waals surface area contributed by atoms with Gasteiger partial charge in [-0.3, -0.25) is 4.79 Å². The number of rotatable bonds is 20. The largest absolute Gasteiger partial charge is 0.508 e. The Labute approximate surface area is 395 Å². The van der Waals surface area contributed by atoms with Gasteiger partial charge in [-0.05, 0) is 91.3 Å². The summed E-state index contributed by atoms with van der Waals surface area (Å²) in [6, 6.07) is 57.7. The summed E-state index contributed by atoms with van der Waals surface area (Å²) >= 11 is 0. The smallest absolute Gasteiger partial charge is 0.493 e. The van der Waals surface area contributed by atoms with E-state index < -0.39 is 11.6 Å². The fourth-order valence-corrected chi connectivity index (χ4v) is 9.22. The second-order valence-corrected chi connectivity index (χ2v) is 16.2. The second kappa shape index (κ2) is 21.2. The first kappa shape index (κ1) is 45.3. The molecule has 0 atom stereocenters. The van der Waals surface area contributed by atoms with Crippen molar-refractivity contribution in [2.45, 2.75) is 18.8 Å². The maximum atomic E-state index is 12.7. The molecule has 0 fully saturated rings. The van der Waals surface area contributed by atoms with Crippen LogP contribution >= 0.6 is 0 Å². The van der Waals surface area contributed by atoms with Crippen LogP contribution in [0.2, 0.25) is 0 Å². The Kier molecular flexibility index (Phi) is 14.1. The van der Waals surface area contributed by atoms with E-state index in [0.29, 0.717) is 30.5 Å². The molecule has 0 aromatic heterocycles. The summed E-state index contributed by atoms with van der Waals surface area (Å²) < 4.78 is 45.8. The Morgan fingerprint density at radius 2 is 0.868 bits per heavy atom. The highest BCUT2D eigenvalue weighted by molar-refractivity contribution is 6.09. The van der Waals surface area contributed by atoms with Gasteiger partial charge >= 0.3 is 12.1 Å². The molecule has 1 aliphatic carbocycles. The molecule has 0 saturated heterocycles. The van der Waals surface area contributed by atoms with Gasteiger partial charge in [-0.15, -0.1) is 0 Å². The molecular formula is C58H52O10. The van der Waals surface area contributed by atoms with Crippen molar-refractivity contribution in [3.63, 3.8) is 0 Å². The average Bonchev–Trinajstić information content (AvgIpc) is 3.68. The number of fused-ring (bicyclic) bond motifs is 5. The Bertz CT molecular complexity index is 2970. The molecule has 9 rings (SSSR count). The molecule has 10 nitrogen and oxygen atoms in total. The van der Waals surface area contributed by atoms with Gasteiger partial charge in [-0.1, -0.05) is 133 Å². The van der Waals surface area contributed by atoms with Gasteiger partial charge in [-0.2, -0.15) is 0 Å². The summed E-state index contributed by atoms with van der Waals surface area (Å²) in [7, 11) is 1.68. The number of ether oxygens (including phenoxy) is 8. The minimum Gasteiger partial charge on any atom is -0.493 e. The highest BCUT2D eigenvalue weighted by Gasteiger charge is 2.45. The van der Waals surface area contributed by atoms with Gasteiger partial charge in [0, 0.05) is 38.2 Å². The number of esters is 1. The maximum Gasteiger partial charge on any atom is 0.508 e. The van der Waals surface area contributed by atoms with Crippen molar-refractivity contribution < 1.29 is 47.5 Å². The molecule has 344 valence electrons. The third kappa shape index (κ3) is 9.54. The summed E-state index contributed by atoms with van der Waals surface area (Å²) in [6.07, 6.45) is -0.0632. The zero-order valence-electron chi connectivity index (χ0n) is 38.1. The van der Waals surface area contributed by atoms with E-state index in [9.17, 15) is 9.59 Å². The van der Waals surface area contributed by atoms with E-state index in [2.05, 4.69) is 103 Å². The number of carbonyl (C=O) groups is 2. The lowest BCUT2D eigenvalue weighted by Gasteiger charge is -2.34. The minimum absolute atomic E-state index is 0.00944. The number of carbonyl (C=O) groups excluding carboxylic acids is 2. The molecule has 0 radical (unpaired) electrons. The van der Waals surface area contributed by atoms with Crippen LogP contribution in [-0.4, -0.2) is 72.1 Å². The predicted molar refractivity (Wildman–Crippen MR) is 263 cm³/mol. The van der Waals surface area contributed by atoms with E-state index in [-0.39, 0.29) is 45.6 Å². The van der Waals surface area contributed by atoms with Gasteiger partial charge in [0.1, 0.15) is 62.6 Å². The number of methoxy groups -OCH3 is 1. The van der Waals surface area contributed by atoms with Gasteiger partial charge in [0.05, 0.1) is 12.0 Å². The monoisotopic (exact) mass is 908 g/mol. The second-order valence-electron chi connectivity index (χ2n) is 16.2. The molecule has 0 bridgehead atoms. The quantitative estimate of drug-likeness (QED) is 0.0542. The van der Waals surface area contributed by atoms with Gasteiger partial charge in [0.25, 0.3) is 0 Å². The summed E-state index contributed by atoms with van der Waals surface area (Å²) in [6.45, 7) is 3.10. The van der Waals surface area contributed by atoms with Crippen molar-refractivity contribution in [1.29, 1.82) is 0 Å². The molecule has 68 heavy (non-hydrogen) atoms. The molecule has 10 heteroatoms. The predicted octanol–water partition coefficient (Wildman–Crippen LogP) is 12.0. The Balaban J connectivity index is 0.838. The van der Waals surface area contributed by atoms with Gasteiger partial charge in [-0.25, -0.2) is 4.79 Å². The standard InChI is InChI=1S/C58H52O10/c1-40(59)62-34-35-63-45-26-22-43(23-27-45)58(51-18-9-7-16-49(51)50-17-8-10-19-52(50)58)44-24-28-46(29-25-44)64-36-38-67-57(60)68-39-37-66-54-31-21-42-13-4-6-15-48(42)56(54)55-47-14-5-3-12-41(47)20-30-53(55)65-33-11-32-61-2/h3-10,12-31H,11,32-39H2,1-2H3. The third-order valence-electron chi connectivity index (χ3n) is 12.1. The Hall–Kier alpha value is -7.82. The molecule has 0 spiro atoms. The van der Waals surface area contributed by atoms with Crippen LogP contribution in [0.1, 0.15) is 35.6 Å². The van der Waals surface area contributed by atoms with Crippen LogP contribution in [0.15, 0.2) is 170 Å². The minimum atomic E-state index is -0.812. The van der Waals surface area contributed by atoms with Gasteiger partial charge < -0.3 is 37.9 Å². The SMILES string of the molecule is COCCCOc1ccc2ccccc2c1-c1c(OCCOC(=O)OCCOc2ccc(C3(c4ccc(OCCOC(C)=O)cc4)c4ccccc4-c4ccccc43)cc2)ccc2ccccc12. The van der Waals surface area contributed by atoms with E-state index >= 15 is 0 Å². The van der Waals surface area contributed by atoms with E-state index in [1.165, 1.54) is 29.2 Å². The first-order valence-electron chi connectivity index (χ1n) is 22.8. The Morgan fingerprint density at radius 1 is 0.426 bits per heavy atom. The van der Waals surface area contributed by atoms with Crippen molar-refractivity contribution in [1.82, 2.24) is 0 Å². The zero-order chi connectivity index (χ0) is 46.7. The highest BCUT2D eigenvalue weighted by atomic mass is 16.7. The zero-order valence-corrected chi connectivity index (χ0v) is 38.1. The molecule has 0 unspecified atom stereocenters. The highest BCUT2D eigenvalue weighted by Crippen LogP contribution is 2.56. The van der Waals surface area contributed by atoms with E-state index in [1.54, 1.807) is 7.11 Å². The molecule has 1 aliphatic rings. The van der Waals surface area contributed by atoms with Crippen LogP contribution in [0.5, 0.6) is 23.0 Å². The van der Waals surface area contributed by atoms with Gasteiger partial charge in [0.15, 0.2) is 0 Å². The van der Waals surface area contributed by atoms with E-state index in [1.807, 2.05) is 66.7 Å². The van der Waals surface area contributed by atoms with Crippen LogP contribution in [0, 0.1) is 0 Å². The fraction of sp³-hybridized carbons (Fsp3) is 0.207. The fourth-order valence-electron chi connectivity index (χ4n) is 9.22. The average molecular weight is 909 g/mol. The van der Waals surface area contributed by atoms with Crippen molar-refractivity contribution in [2.24, 2.45) is 0 Å². The molecule has 0 N–H and O–H groups in total. The number of benzene rings is 8. The molecule has 0 saturated carbocycles. The number of hydrogen-bond donors (Lipinski definition) is 0. The van der Waals surface area contributed by atoms with Crippen molar-refractivity contribution in [3.05, 3.63) is 192 Å². The Morgan fingerprint density at radius 3 is 1.37 bits per heavy atom.